The van der Waals surface area contributed by atoms with Crippen LogP contribution in [0.2, 0.25) is 0 Å². The van der Waals surface area contributed by atoms with E-state index in [0.29, 0.717) is 11.6 Å². The molecule has 0 saturated heterocycles. The highest BCUT2D eigenvalue weighted by molar-refractivity contribution is 5.93. The molecule has 1 amide bonds. The lowest BCUT2D eigenvalue weighted by molar-refractivity contribution is 0.0862. The highest BCUT2D eigenvalue weighted by Gasteiger charge is 2.22. The quantitative estimate of drug-likeness (QED) is 0.559. The SMILES string of the molecule is Cc1nc2cc(-c3ccc4ncc(C(=O)N[C@H]5CC[C@H](O)CC5)n4c3)ccc2o1. The summed E-state index contributed by atoms with van der Waals surface area (Å²) in [4.78, 5) is 21.6. The van der Waals surface area contributed by atoms with Crippen molar-refractivity contribution in [3.63, 3.8) is 0 Å². The molecule has 3 heterocycles. The van der Waals surface area contributed by atoms with Crippen LogP contribution < -0.4 is 5.32 Å². The van der Waals surface area contributed by atoms with Gasteiger partial charge in [0.15, 0.2) is 11.5 Å². The van der Waals surface area contributed by atoms with Gasteiger partial charge in [0.2, 0.25) is 0 Å². The lowest BCUT2D eigenvalue weighted by Gasteiger charge is -2.26. The minimum absolute atomic E-state index is 0.0949. The zero-order valence-corrected chi connectivity index (χ0v) is 16.1. The van der Waals surface area contributed by atoms with Crippen molar-refractivity contribution in [3.8, 4) is 11.1 Å². The van der Waals surface area contributed by atoms with Gasteiger partial charge in [-0.25, -0.2) is 9.97 Å². The third-order valence-corrected chi connectivity index (χ3v) is 5.60. The van der Waals surface area contributed by atoms with E-state index in [1.807, 2.05) is 47.9 Å². The van der Waals surface area contributed by atoms with E-state index in [9.17, 15) is 9.90 Å². The number of nitrogens with zero attached hydrogens (tertiary/aromatic N) is 3. The second-order valence-electron chi connectivity index (χ2n) is 7.68. The normalized spacial score (nSPS) is 19.7. The van der Waals surface area contributed by atoms with Gasteiger partial charge in [-0.3, -0.25) is 9.20 Å². The van der Waals surface area contributed by atoms with Crippen LogP contribution in [0.15, 0.2) is 47.1 Å². The van der Waals surface area contributed by atoms with Gasteiger partial charge in [-0.15, -0.1) is 0 Å². The summed E-state index contributed by atoms with van der Waals surface area (Å²) >= 11 is 0. The topological polar surface area (TPSA) is 92.7 Å². The van der Waals surface area contributed by atoms with E-state index in [4.69, 9.17) is 4.42 Å². The Labute approximate surface area is 167 Å². The Balaban J connectivity index is 1.45. The maximum atomic E-state index is 12.8. The highest BCUT2D eigenvalue weighted by atomic mass is 16.3. The Kier molecular flexibility index (Phi) is 4.32. The Morgan fingerprint density at radius 3 is 2.79 bits per heavy atom. The fourth-order valence-corrected chi connectivity index (χ4v) is 4.02. The zero-order chi connectivity index (χ0) is 20.0. The van der Waals surface area contributed by atoms with E-state index in [1.54, 1.807) is 6.20 Å². The summed E-state index contributed by atoms with van der Waals surface area (Å²) in [7, 11) is 0. The summed E-state index contributed by atoms with van der Waals surface area (Å²) in [5, 5.41) is 12.7. The molecule has 0 atom stereocenters. The van der Waals surface area contributed by atoms with Gasteiger partial charge in [0.05, 0.1) is 12.3 Å². The monoisotopic (exact) mass is 390 g/mol. The Hall–Kier alpha value is -3.19. The molecule has 1 fully saturated rings. The fourth-order valence-electron chi connectivity index (χ4n) is 4.02. The average Bonchev–Trinajstić information content (AvgIpc) is 3.30. The molecule has 148 valence electrons. The number of rotatable bonds is 3. The van der Waals surface area contributed by atoms with E-state index in [2.05, 4.69) is 15.3 Å². The zero-order valence-electron chi connectivity index (χ0n) is 16.1. The minimum Gasteiger partial charge on any atom is -0.441 e. The first-order chi connectivity index (χ1) is 14.1. The van der Waals surface area contributed by atoms with Gasteiger partial charge in [0.1, 0.15) is 16.9 Å². The minimum atomic E-state index is -0.243. The first kappa shape index (κ1) is 17.9. The number of aliphatic hydroxyl groups excluding tert-OH is 1. The largest absolute Gasteiger partial charge is 0.441 e. The van der Waals surface area contributed by atoms with Crippen molar-refractivity contribution in [1.82, 2.24) is 19.7 Å². The van der Waals surface area contributed by atoms with E-state index >= 15 is 0 Å². The van der Waals surface area contributed by atoms with Crippen LogP contribution in [-0.4, -0.2) is 37.5 Å². The molecular weight excluding hydrogens is 368 g/mol. The summed E-state index contributed by atoms with van der Waals surface area (Å²) in [6.07, 6.45) is 6.34. The first-order valence-corrected chi connectivity index (χ1v) is 9.90. The molecule has 0 radical (unpaired) electrons. The number of aromatic nitrogens is 3. The third kappa shape index (κ3) is 3.38. The molecule has 2 N–H and O–H groups in total. The van der Waals surface area contributed by atoms with Crippen molar-refractivity contribution in [2.45, 2.75) is 44.8 Å². The number of aryl methyl sites for hydroxylation is 1. The van der Waals surface area contributed by atoms with Gasteiger partial charge in [-0.05, 0) is 61.1 Å². The van der Waals surface area contributed by atoms with Crippen molar-refractivity contribution in [2.24, 2.45) is 0 Å². The number of carbonyl (C=O) groups is 1. The molecule has 0 unspecified atom stereocenters. The molecule has 1 aliphatic rings. The molecule has 3 aromatic heterocycles. The van der Waals surface area contributed by atoms with Crippen LogP contribution in [0.3, 0.4) is 0 Å². The van der Waals surface area contributed by atoms with Crippen molar-refractivity contribution >= 4 is 22.7 Å². The molecule has 7 nitrogen and oxygen atoms in total. The van der Waals surface area contributed by atoms with Crippen LogP contribution in [-0.2, 0) is 0 Å². The van der Waals surface area contributed by atoms with Crippen molar-refractivity contribution in [3.05, 3.63) is 54.3 Å². The van der Waals surface area contributed by atoms with Crippen molar-refractivity contribution < 1.29 is 14.3 Å². The Bertz CT molecular complexity index is 1200. The molecule has 29 heavy (non-hydrogen) atoms. The van der Waals surface area contributed by atoms with E-state index < -0.39 is 0 Å². The number of imidazole rings is 1. The number of hydrogen-bond acceptors (Lipinski definition) is 5. The van der Waals surface area contributed by atoms with Crippen molar-refractivity contribution in [1.29, 1.82) is 0 Å². The van der Waals surface area contributed by atoms with Crippen LogP contribution in [0.1, 0.15) is 42.1 Å². The number of pyridine rings is 1. The first-order valence-electron chi connectivity index (χ1n) is 9.90. The summed E-state index contributed by atoms with van der Waals surface area (Å²) in [6, 6.07) is 9.86. The van der Waals surface area contributed by atoms with E-state index in [-0.39, 0.29) is 18.1 Å². The lowest BCUT2D eigenvalue weighted by Crippen LogP contribution is -2.39. The number of hydrogen-bond donors (Lipinski definition) is 2. The van der Waals surface area contributed by atoms with Gasteiger partial charge < -0.3 is 14.8 Å². The number of benzene rings is 1. The molecule has 1 aliphatic carbocycles. The molecule has 7 heteroatoms. The summed E-state index contributed by atoms with van der Waals surface area (Å²) < 4.78 is 7.37. The number of carbonyl (C=O) groups excluding carboxylic acids is 1. The van der Waals surface area contributed by atoms with Gasteiger partial charge in [-0.1, -0.05) is 6.07 Å². The van der Waals surface area contributed by atoms with Gasteiger partial charge in [0, 0.05) is 19.2 Å². The molecule has 1 saturated carbocycles. The molecule has 5 rings (SSSR count). The Morgan fingerprint density at radius 2 is 1.97 bits per heavy atom. The highest BCUT2D eigenvalue weighted by Crippen LogP contribution is 2.26. The third-order valence-electron chi connectivity index (χ3n) is 5.60. The van der Waals surface area contributed by atoms with Crippen LogP contribution in [0.4, 0.5) is 0 Å². The van der Waals surface area contributed by atoms with E-state index in [0.717, 1.165) is 53.6 Å². The van der Waals surface area contributed by atoms with Gasteiger partial charge in [-0.2, -0.15) is 0 Å². The average molecular weight is 390 g/mol. The molecular formula is C22H22N4O3. The second kappa shape index (κ2) is 7.00. The molecule has 1 aromatic carbocycles. The smallest absolute Gasteiger partial charge is 0.270 e. The molecule has 0 bridgehead atoms. The van der Waals surface area contributed by atoms with Crippen molar-refractivity contribution in [2.75, 3.05) is 0 Å². The fraction of sp³-hybridized carbons (Fsp3) is 0.318. The Morgan fingerprint density at radius 1 is 1.17 bits per heavy atom. The van der Waals surface area contributed by atoms with Gasteiger partial charge >= 0.3 is 0 Å². The maximum absolute atomic E-state index is 12.8. The van der Waals surface area contributed by atoms with Crippen LogP contribution in [0.25, 0.3) is 27.9 Å². The number of oxazole rings is 1. The summed E-state index contributed by atoms with van der Waals surface area (Å²) in [6.45, 7) is 1.83. The summed E-state index contributed by atoms with van der Waals surface area (Å²) in [5.74, 6) is 0.495. The van der Waals surface area contributed by atoms with Crippen LogP contribution in [0, 0.1) is 6.92 Å². The van der Waals surface area contributed by atoms with Gasteiger partial charge in [0.25, 0.3) is 5.91 Å². The predicted molar refractivity (Wildman–Crippen MR) is 109 cm³/mol. The number of nitrogens with one attached hydrogen (secondary N) is 1. The predicted octanol–water partition coefficient (Wildman–Crippen LogP) is 3.48. The standard InChI is InChI=1S/C22H22N4O3/c1-13-24-18-10-14(2-8-20(18)29-13)15-3-9-21-23-11-19(26(21)12-15)22(28)25-16-4-6-17(27)7-5-16/h2-3,8-12,16-17,27H,4-7H2,1H3,(H,25,28)/t16-,17-. The maximum Gasteiger partial charge on any atom is 0.270 e. The van der Waals surface area contributed by atoms with Crippen LogP contribution >= 0.6 is 0 Å². The summed E-state index contributed by atoms with van der Waals surface area (Å²) in [5.41, 5.74) is 4.75. The second-order valence-corrected chi connectivity index (χ2v) is 7.68. The molecule has 0 spiro atoms. The number of fused-ring (bicyclic) bond motifs is 2. The van der Waals surface area contributed by atoms with E-state index in [1.165, 1.54) is 0 Å². The van der Waals surface area contributed by atoms with Crippen LogP contribution in [0.5, 0.6) is 0 Å². The lowest BCUT2D eigenvalue weighted by atomic mass is 9.93. The molecule has 0 aliphatic heterocycles. The number of aliphatic hydroxyl groups is 1. The molecule has 4 aromatic rings. The number of amides is 1.